The third-order valence-electron chi connectivity index (χ3n) is 4.44. The van der Waals surface area contributed by atoms with E-state index in [0.717, 1.165) is 0 Å². The standard InChI is InChI=1S/C20H15N5O4S/c26-18(9-10-24-12-21-16-4-2-1-3-15(16)19(24)27)23-20-22-17(11-30-20)13-5-7-14(8-6-13)25(28)29/h1-8,11-12H,9-10H2,(H,22,23,26). The van der Waals surface area contributed by atoms with Gasteiger partial charge in [-0.15, -0.1) is 11.3 Å². The summed E-state index contributed by atoms with van der Waals surface area (Å²) in [4.78, 5) is 43.6. The first-order valence-corrected chi connectivity index (χ1v) is 9.83. The van der Waals surface area contributed by atoms with Crippen LogP contribution in [-0.2, 0) is 11.3 Å². The van der Waals surface area contributed by atoms with Gasteiger partial charge in [0.15, 0.2) is 5.13 Å². The Hall–Kier alpha value is -3.92. The van der Waals surface area contributed by atoms with E-state index in [4.69, 9.17) is 0 Å². The first kappa shape index (κ1) is 19.4. The summed E-state index contributed by atoms with van der Waals surface area (Å²) in [6, 6.07) is 13.1. The fraction of sp³-hybridized carbons (Fsp3) is 0.100. The number of anilines is 1. The molecule has 0 aliphatic heterocycles. The monoisotopic (exact) mass is 421 g/mol. The maximum Gasteiger partial charge on any atom is 0.269 e. The van der Waals surface area contributed by atoms with Gasteiger partial charge in [0.25, 0.3) is 11.2 Å². The number of carbonyl (C=O) groups is 1. The van der Waals surface area contributed by atoms with Gasteiger partial charge in [0.1, 0.15) is 0 Å². The van der Waals surface area contributed by atoms with E-state index in [-0.39, 0.29) is 30.1 Å². The summed E-state index contributed by atoms with van der Waals surface area (Å²) in [6.45, 7) is 0.198. The number of nitro benzene ring substituents is 1. The van der Waals surface area contributed by atoms with Crippen molar-refractivity contribution in [2.75, 3.05) is 5.32 Å². The second-order valence-electron chi connectivity index (χ2n) is 6.40. The van der Waals surface area contributed by atoms with Crippen molar-refractivity contribution in [3.63, 3.8) is 0 Å². The van der Waals surface area contributed by atoms with Crippen molar-refractivity contribution in [1.29, 1.82) is 0 Å². The molecule has 0 spiro atoms. The Kier molecular flexibility index (Phi) is 5.31. The van der Waals surface area contributed by atoms with Crippen molar-refractivity contribution >= 4 is 39.0 Å². The molecule has 150 valence electrons. The highest BCUT2D eigenvalue weighted by Gasteiger charge is 2.11. The zero-order chi connectivity index (χ0) is 21.1. The van der Waals surface area contributed by atoms with Crippen molar-refractivity contribution in [1.82, 2.24) is 14.5 Å². The van der Waals surface area contributed by atoms with Crippen molar-refractivity contribution in [2.24, 2.45) is 0 Å². The zero-order valence-corrected chi connectivity index (χ0v) is 16.3. The number of thiazole rings is 1. The lowest BCUT2D eigenvalue weighted by Gasteiger charge is -2.06. The molecule has 0 bridgehead atoms. The first-order chi connectivity index (χ1) is 14.5. The highest BCUT2D eigenvalue weighted by molar-refractivity contribution is 7.14. The number of rotatable bonds is 6. The molecule has 30 heavy (non-hydrogen) atoms. The molecule has 1 N–H and O–H groups in total. The molecule has 0 atom stereocenters. The van der Waals surface area contributed by atoms with Crippen LogP contribution in [-0.4, -0.2) is 25.4 Å². The van der Waals surface area contributed by atoms with E-state index >= 15 is 0 Å². The van der Waals surface area contributed by atoms with Crippen LogP contribution in [0, 0.1) is 10.1 Å². The van der Waals surface area contributed by atoms with E-state index in [9.17, 15) is 19.7 Å². The first-order valence-electron chi connectivity index (χ1n) is 8.95. The van der Waals surface area contributed by atoms with Crippen LogP contribution in [0.1, 0.15) is 6.42 Å². The summed E-state index contributed by atoms with van der Waals surface area (Å²) in [7, 11) is 0. The number of non-ortho nitro benzene ring substituents is 1. The van der Waals surface area contributed by atoms with Gasteiger partial charge in [-0.1, -0.05) is 12.1 Å². The molecular weight excluding hydrogens is 406 g/mol. The highest BCUT2D eigenvalue weighted by Crippen LogP contribution is 2.26. The Balaban J connectivity index is 1.40. The summed E-state index contributed by atoms with van der Waals surface area (Å²) in [5, 5.41) is 16.1. The number of benzene rings is 2. The molecule has 2 aromatic heterocycles. The number of fused-ring (bicyclic) bond motifs is 1. The Morgan fingerprint density at radius 3 is 2.70 bits per heavy atom. The van der Waals surface area contributed by atoms with Gasteiger partial charge < -0.3 is 5.32 Å². The van der Waals surface area contributed by atoms with Crippen LogP contribution in [0.25, 0.3) is 22.2 Å². The topological polar surface area (TPSA) is 120 Å². The second kappa shape index (κ2) is 8.21. The number of nitro groups is 1. The lowest BCUT2D eigenvalue weighted by atomic mass is 10.1. The Morgan fingerprint density at radius 1 is 1.17 bits per heavy atom. The second-order valence-corrected chi connectivity index (χ2v) is 7.26. The maximum absolute atomic E-state index is 12.5. The number of nitrogens with one attached hydrogen (secondary N) is 1. The average molecular weight is 421 g/mol. The van der Waals surface area contributed by atoms with E-state index in [1.807, 2.05) is 6.07 Å². The van der Waals surface area contributed by atoms with Crippen molar-refractivity contribution in [3.05, 3.63) is 80.7 Å². The SMILES string of the molecule is O=C(CCn1cnc2ccccc2c1=O)Nc1nc(-c2ccc([N+](=O)[O-])cc2)cs1. The van der Waals surface area contributed by atoms with Gasteiger partial charge in [0, 0.05) is 36.0 Å². The van der Waals surface area contributed by atoms with Gasteiger partial charge in [-0.05, 0) is 24.3 Å². The molecule has 10 heteroatoms. The van der Waals surface area contributed by atoms with Gasteiger partial charge in [-0.25, -0.2) is 9.97 Å². The zero-order valence-electron chi connectivity index (χ0n) is 15.5. The van der Waals surface area contributed by atoms with Crippen molar-refractivity contribution in [2.45, 2.75) is 13.0 Å². The minimum atomic E-state index is -0.465. The summed E-state index contributed by atoms with van der Waals surface area (Å²) in [5.41, 5.74) is 1.75. The Bertz CT molecular complexity index is 1300. The number of aromatic nitrogens is 3. The molecule has 0 saturated carbocycles. The molecule has 0 aliphatic rings. The smallest absolute Gasteiger partial charge is 0.269 e. The number of carbonyl (C=O) groups excluding carboxylic acids is 1. The molecule has 2 heterocycles. The molecule has 9 nitrogen and oxygen atoms in total. The van der Waals surface area contributed by atoms with Gasteiger partial charge >= 0.3 is 0 Å². The highest BCUT2D eigenvalue weighted by atomic mass is 32.1. The number of hydrogen-bond acceptors (Lipinski definition) is 7. The molecule has 1 amide bonds. The third-order valence-corrected chi connectivity index (χ3v) is 5.19. The van der Waals surface area contributed by atoms with E-state index in [1.54, 1.807) is 35.7 Å². The predicted molar refractivity (Wildman–Crippen MR) is 113 cm³/mol. The van der Waals surface area contributed by atoms with Gasteiger partial charge in [-0.3, -0.25) is 24.3 Å². The molecule has 0 unspecified atom stereocenters. The van der Waals surface area contributed by atoms with Gasteiger partial charge in [0.2, 0.25) is 5.91 Å². The lowest BCUT2D eigenvalue weighted by Crippen LogP contribution is -2.23. The molecule has 0 radical (unpaired) electrons. The van der Waals surface area contributed by atoms with Crippen LogP contribution >= 0.6 is 11.3 Å². The van der Waals surface area contributed by atoms with E-state index < -0.39 is 4.92 Å². The molecule has 0 aliphatic carbocycles. The molecule has 0 saturated heterocycles. The van der Waals surface area contributed by atoms with Crippen LogP contribution in [0.5, 0.6) is 0 Å². The van der Waals surface area contributed by atoms with E-state index in [1.165, 1.54) is 34.4 Å². The van der Waals surface area contributed by atoms with Crippen LogP contribution in [0.2, 0.25) is 0 Å². The van der Waals surface area contributed by atoms with Crippen LogP contribution in [0.4, 0.5) is 10.8 Å². The lowest BCUT2D eigenvalue weighted by molar-refractivity contribution is -0.384. The number of nitrogens with zero attached hydrogens (tertiary/aromatic N) is 4. The van der Waals surface area contributed by atoms with Crippen LogP contribution in [0.15, 0.2) is 65.0 Å². The number of hydrogen-bond donors (Lipinski definition) is 1. The van der Waals surface area contributed by atoms with Crippen LogP contribution in [0.3, 0.4) is 0 Å². The molecule has 4 aromatic rings. The predicted octanol–water partition coefficient (Wildman–Crippen LogP) is 3.46. The molecule has 0 fully saturated rings. The summed E-state index contributed by atoms with van der Waals surface area (Å²) in [6.07, 6.45) is 1.53. The quantitative estimate of drug-likeness (QED) is 0.376. The number of amides is 1. The number of para-hydroxylation sites is 1. The number of aryl methyl sites for hydroxylation is 1. The van der Waals surface area contributed by atoms with Gasteiger partial charge in [-0.2, -0.15) is 0 Å². The van der Waals surface area contributed by atoms with Crippen LogP contribution < -0.4 is 10.9 Å². The summed E-state index contributed by atoms with van der Waals surface area (Å²) in [5.74, 6) is -0.278. The minimum Gasteiger partial charge on any atom is -0.302 e. The van der Waals surface area contributed by atoms with Crippen molar-refractivity contribution < 1.29 is 9.72 Å². The van der Waals surface area contributed by atoms with Gasteiger partial charge in [0.05, 0.1) is 27.8 Å². The summed E-state index contributed by atoms with van der Waals surface area (Å²) < 4.78 is 1.41. The molecule has 2 aromatic carbocycles. The normalized spacial score (nSPS) is 10.8. The average Bonchev–Trinajstić information content (AvgIpc) is 3.22. The molecule has 4 rings (SSSR count). The fourth-order valence-electron chi connectivity index (χ4n) is 2.89. The summed E-state index contributed by atoms with van der Waals surface area (Å²) >= 11 is 1.25. The van der Waals surface area contributed by atoms with Crippen molar-refractivity contribution in [3.8, 4) is 11.3 Å². The maximum atomic E-state index is 12.5. The van der Waals surface area contributed by atoms with E-state index in [2.05, 4.69) is 15.3 Å². The van der Waals surface area contributed by atoms with E-state index in [0.29, 0.717) is 27.3 Å². The molecular formula is C20H15N5O4S. The third kappa shape index (κ3) is 4.08. The minimum absolute atomic E-state index is 0.000860. The fourth-order valence-corrected chi connectivity index (χ4v) is 3.62. The Labute approximate surface area is 173 Å². The Morgan fingerprint density at radius 2 is 1.93 bits per heavy atom. The largest absolute Gasteiger partial charge is 0.302 e.